The smallest absolute Gasteiger partial charge is 0.236 e. The van der Waals surface area contributed by atoms with Crippen LogP contribution in [0.5, 0.6) is 0 Å². The first-order valence-electron chi connectivity index (χ1n) is 6.40. The first-order chi connectivity index (χ1) is 8.51. The van der Waals surface area contributed by atoms with Gasteiger partial charge in [-0.3, -0.25) is 4.79 Å². The van der Waals surface area contributed by atoms with Gasteiger partial charge in [0, 0.05) is 13.1 Å². The lowest BCUT2D eigenvalue weighted by Gasteiger charge is -2.38. The summed E-state index contributed by atoms with van der Waals surface area (Å²) in [6.07, 6.45) is 1.06. The van der Waals surface area contributed by atoms with Gasteiger partial charge >= 0.3 is 0 Å². The van der Waals surface area contributed by atoms with Crippen LogP contribution in [-0.2, 0) is 9.53 Å². The van der Waals surface area contributed by atoms with Crippen LogP contribution in [0.2, 0.25) is 0 Å². The summed E-state index contributed by atoms with van der Waals surface area (Å²) >= 11 is 0. The molecule has 0 saturated carbocycles. The summed E-state index contributed by atoms with van der Waals surface area (Å²) in [5.74, 6) is -0.0744. The summed E-state index contributed by atoms with van der Waals surface area (Å²) in [5, 5.41) is 12.0. The zero-order valence-corrected chi connectivity index (χ0v) is 11.3. The highest BCUT2D eigenvalue weighted by Gasteiger charge is 2.43. The minimum atomic E-state index is -0.897. The van der Waals surface area contributed by atoms with Gasteiger partial charge in [-0.1, -0.05) is 19.0 Å². The molecular weight excluding hydrogens is 234 g/mol. The van der Waals surface area contributed by atoms with E-state index >= 15 is 0 Å². The number of amides is 1. The van der Waals surface area contributed by atoms with E-state index < -0.39 is 5.41 Å². The van der Waals surface area contributed by atoms with Crippen molar-refractivity contribution in [2.45, 2.75) is 39.7 Å². The van der Waals surface area contributed by atoms with Crippen molar-refractivity contribution in [3.63, 3.8) is 0 Å². The number of nitrogens with zero attached hydrogens (tertiary/aromatic N) is 2. The number of nitrogens with two attached hydrogens (primary N) is 1. The summed E-state index contributed by atoms with van der Waals surface area (Å²) < 4.78 is 5.42. The highest BCUT2D eigenvalue weighted by Crippen LogP contribution is 2.30. The van der Waals surface area contributed by atoms with Crippen LogP contribution in [0, 0.1) is 5.41 Å². The largest absolute Gasteiger partial charge is 0.409 e. The normalized spacial score (nSPS) is 22.1. The molecule has 1 aliphatic heterocycles. The number of morpholine rings is 1. The Morgan fingerprint density at radius 3 is 2.61 bits per heavy atom. The van der Waals surface area contributed by atoms with Crippen molar-refractivity contribution < 1.29 is 14.7 Å². The van der Waals surface area contributed by atoms with E-state index in [0.29, 0.717) is 32.5 Å². The Morgan fingerprint density at radius 1 is 1.56 bits per heavy atom. The lowest BCUT2D eigenvalue weighted by atomic mass is 9.79. The fourth-order valence-corrected chi connectivity index (χ4v) is 2.43. The quantitative estimate of drug-likeness (QED) is 0.337. The molecule has 0 bridgehead atoms. The van der Waals surface area contributed by atoms with Crippen molar-refractivity contribution >= 4 is 11.7 Å². The number of ether oxygens (including phenoxy) is 1. The van der Waals surface area contributed by atoms with E-state index in [1.165, 1.54) is 0 Å². The van der Waals surface area contributed by atoms with E-state index in [1.807, 2.05) is 20.8 Å². The van der Waals surface area contributed by atoms with Gasteiger partial charge in [-0.2, -0.15) is 0 Å². The van der Waals surface area contributed by atoms with E-state index in [1.54, 1.807) is 4.90 Å². The summed E-state index contributed by atoms with van der Waals surface area (Å²) in [6, 6.07) is 0. The van der Waals surface area contributed by atoms with Gasteiger partial charge in [-0.25, -0.2) is 0 Å². The number of rotatable bonds is 4. The van der Waals surface area contributed by atoms with Crippen molar-refractivity contribution in [2.24, 2.45) is 16.3 Å². The molecule has 3 N–H and O–H groups in total. The van der Waals surface area contributed by atoms with Gasteiger partial charge in [0.2, 0.25) is 5.91 Å². The maximum absolute atomic E-state index is 12.6. The van der Waals surface area contributed by atoms with Gasteiger partial charge < -0.3 is 20.6 Å². The molecule has 1 saturated heterocycles. The topological polar surface area (TPSA) is 88.2 Å². The SMILES string of the molecule is CCC(CC)(C(=O)N1CCOC(C)C1)C(N)=NO. The van der Waals surface area contributed by atoms with Crippen LogP contribution in [0.1, 0.15) is 33.6 Å². The van der Waals surface area contributed by atoms with Crippen molar-refractivity contribution in [1.29, 1.82) is 0 Å². The number of carbonyl (C=O) groups excluding carboxylic acids is 1. The first kappa shape index (κ1) is 14.8. The van der Waals surface area contributed by atoms with Crippen LogP contribution in [0.25, 0.3) is 0 Å². The second-order valence-corrected chi connectivity index (χ2v) is 4.71. The molecule has 1 rings (SSSR count). The summed E-state index contributed by atoms with van der Waals surface area (Å²) in [7, 11) is 0. The molecular formula is C12H23N3O3. The molecule has 0 aromatic carbocycles. The molecule has 1 aliphatic rings. The molecule has 0 aliphatic carbocycles. The van der Waals surface area contributed by atoms with Gasteiger partial charge in [-0.05, 0) is 19.8 Å². The number of amidine groups is 1. The molecule has 1 heterocycles. The average molecular weight is 257 g/mol. The molecule has 0 aromatic rings. The molecule has 6 heteroatoms. The van der Waals surface area contributed by atoms with Crippen LogP contribution in [0.4, 0.5) is 0 Å². The fraction of sp³-hybridized carbons (Fsp3) is 0.833. The van der Waals surface area contributed by atoms with Crippen molar-refractivity contribution in [3.8, 4) is 0 Å². The maximum Gasteiger partial charge on any atom is 0.236 e. The molecule has 1 fully saturated rings. The highest BCUT2D eigenvalue weighted by molar-refractivity contribution is 6.06. The van der Waals surface area contributed by atoms with E-state index in [-0.39, 0.29) is 17.8 Å². The van der Waals surface area contributed by atoms with Crippen LogP contribution in [0.3, 0.4) is 0 Å². The lowest BCUT2D eigenvalue weighted by Crippen LogP contribution is -2.55. The Morgan fingerprint density at radius 2 is 2.17 bits per heavy atom. The summed E-state index contributed by atoms with van der Waals surface area (Å²) in [6.45, 7) is 7.34. The molecule has 1 unspecified atom stereocenters. The van der Waals surface area contributed by atoms with Crippen LogP contribution in [-0.4, -0.2) is 47.7 Å². The predicted octanol–water partition coefficient (Wildman–Crippen LogP) is 0.787. The zero-order valence-electron chi connectivity index (χ0n) is 11.3. The third-order valence-electron chi connectivity index (χ3n) is 3.74. The van der Waals surface area contributed by atoms with Crippen LogP contribution in [0.15, 0.2) is 5.16 Å². The average Bonchev–Trinajstić information content (AvgIpc) is 2.40. The van der Waals surface area contributed by atoms with E-state index in [4.69, 9.17) is 15.7 Å². The second-order valence-electron chi connectivity index (χ2n) is 4.71. The van der Waals surface area contributed by atoms with Gasteiger partial charge in [-0.15, -0.1) is 0 Å². The van der Waals surface area contributed by atoms with Crippen LogP contribution < -0.4 is 5.73 Å². The van der Waals surface area contributed by atoms with Crippen molar-refractivity contribution in [3.05, 3.63) is 0 Å². The monoisotopic (exact) mass is 257 g/mol. The minimum absolute atomic E-state index is 0.00311. The fourth-order valence-electron chi connectivity index (χ4n) is 2.43. The third kappa shape index (κ3) is 2.58. The zero-order chi connectivity index (χ0) is 13.8. The van der Waals surface area contributed by atoms with Crippen LogP contribution >= 0.6 is 0 Å². The van der Waals surface area contributed by atoms with Crippen molar-refractivity contribution in [2.75, 3.05) is 19.7 Å². The highest BCUT2D eigenvalue weighted by atomic mass is 16.5. The van der Waals surface area contributed by atoms with Gasteiger partial charge in [0.15, 0.2) is 5.84 Å². The van der Waals surface area contributed by atoms with E-state index in [0.717, 1.165) is 0 Å². The summed E-state index contributed by atoms with van der Waals surface area (Å²) in [5.41, 5.74) is 4.84. The Bertz CT molecular complexity index is 327. The maximum atomic E-state index is 12.6. The standard InChI is InChI=1S/C12H23N3O3/c1-4-12(5-2,10(13)14-17)11(16)15-6-7-18-9(3)8-15/h9,17H,4-8H2,1-3H3,(H2,13,14). The molecule has 6 nitrogen and oxygen atoms in total. The number of carbonyl (C=O) groups is 1. The number of oxime groups is 1. The Balaban J connectivity index is 2.95. The Labute approximate surface area is 108 Å². The van der Waals surface area contributed by atoms with Gasteiger partial charge in [0.1, 0.15) is 5.41 Å². The van der Waals surface area contributed by atoms with E-state index in [2.05, 4.69) is 5.16 Å². The molecule has 0 spiro atoms. The second kappa shape index (κ2) is 6.04. The van der Waals surface area contributed by atoms with Gasteiger partial charge in [0.25, 0.3) is 0 Å². The molecule has 0 aromatic heterocycles. The molecule has 104 valence electrons. The summed E-state index contributed by atoms with van der Waals surface area (Å²) in [4.78, 5) is 14.4. The minimum Gasteiger partial charge on any atom is -0.409 e. The first-order valence-corrected chi connectivity index (χ1v) is 6.40. The predicted molar refractivity (Wildman–Crippen MR) is 68.4 cm³/mol. The molecule has 1 atom stereocenters. The number of hydrogen-bond acceptors (Lipinski definition) is 4. The van der Waals surface area contributed by atoms with Crippen molar-refractivity contribution in [1.82, 2.24) is 4.90 Å². The van der Waals surface area contributed by atoms with Gasteiger partial charge in [0.05, 0.1) is 12.7 Å². The Kier molecular flexibility index (Phi) is 4.95. The number of hydrogen-bond donors (Lipinski definition) is 2. The lowest BCUT2D eigenvalue weighted by molar-refractivity contribution is -0.145. The molecule has 1 amide bonds. The van der Waals surface area contributed by atoms with E-state index in [9.17, 15) is 4.79 Å². The Hall–Kier alpha value is -1.30. The molecule has 18 heavy (non-hydrogen) atoms. The third-order valence-corrected chi connectivity index (χ3v) is 3.74. The molecule has 0 radical (unpaired) electrons.